The molecule has 16 heteroatoms. The van der Waals surface area contributed by atoms with Gasteiger partial charge in [-0.1, -0.05) is 247 Å². The van der Waals surface area contributed by atoms with E-state index >= 15 is 0 Å². The SMILES string of the molecule is CC.CC.CC.CC.CC.CC.CC.CC.CC(C)C1CC2(C1)CN(C)C2.CC(C)C1CC2(C1)CN(C)C2.CC(C)C1CCOC1.CC(C)C1CCS(=O)(=O)CC1.CC(C)c1ccn(C)n1.CC(C)c1ccon1.CC(C)c1ncco1.CC(C)c1nccs1.Cn1cc(C(C)(C)C)cn1. The normalized spacial score (nSPS) is 17.1. The molecule has 0 aromatic carbocycles. The van der Waals surface area contributed by atoms with Gasteiger partial charge in [0, 0.05) is 95.4 Å². The standard InChI is InChI=1S/2C10H19N.C8H14N2.C8H16O2S.C7H12N2.C7H14O.2C6H9NO.C6H9NS.8C2H6/c2*1-8(2)9-4-10(5-9)6-11(3)7-10;1-8(2,3)7-5-9-10(4)6-7;1-7(2)8-3-5-11(9,10)6-4-8;1-6(2)7-4-5-9(3)8-7;1-6(2)7-3-4-8-5-7;1-5(2)6-7-3-4-8-6;1-5(2)6-3-4-8-7-6;1-5(2)6-7-3-4-8-6;8*1-2/h2*8-9H,4-7H2,1-3H3;5-6H,1-4H3;7-8H,3-6H2,1-2H3;4-6H,1-3H3;6-7H,3-5H2,1-2H3;3*3-5H,1-2H3;8*1-2H3. The van der Waals surface area contributed by atoms with Gasteiger partial charge in [-0.3, -0.25) is 9.36 Å². The van der Waals surface area contributed by atoms with E-state index in [1.54, 1.807) is 30.1 Å². The quantitative estimate of drug-likeness (QED) is 0.145. The third-order valence-electron chi connectivity index (χ3n) is 17.4. The molecule has 9 heterocycles. The van der Waals surface area contributed by atoms with Crippen molar-refractivity contribution < 1.29 is 22.1 Å². The van der Waals surface area contributed by atoms with Crippen LogP contribution < -0.4 is 0 Å². The summed E-state index contributed by atoms with van der Waals surface area (Å²) < 4.78 is 40.5. The first kappa shape index (κ1) is 107. The van der Waals surface area contributed by atoms with Crippen LogP contribution in [0.1, 0.15) is 339 Å². The van der Waals surface area contributed by atoms with E-state index in [2.05, 4.69) is 178 Å². The summed E-state index contributed by atoms with van der Waals surface area (Å²) in [6.45, 7) is 81.2. The molecule has 2 saturated carbocycles. The van der Waals surface area contributed by atoms with Gasteiger partial charge in [0.05, 0.1) is 40.3 Å². The third-order valence-corrected chi connectivity index (χ3v) is 20.2. The molecule has 0 bridgehead atoms. The smallest absolute Gasteiger partial charge is 0.196 e. The highest BCUT2D eigenvalue weighted by molar-refractivity contribution is 7.91. The van der Waals surface area contributed by atoms with Gasteiger partial charge in [-0.25, -0.2) is 18.4 Å². The molecular formula is C84H169N9O5S2. The van der Waals surface area contributed by atoms with Gasteiger partial charge < -0.3 is 23.5 Å². The Morgan fingerprint density at radius 3 is 1.16 bits per heavy atom. The van der Waals surface area contributed by atoms with Gasteiger partial charge >= 0.3 is 0 Å². The molecule has 4 saturated heterocycles. The van der Waals surface area contributed by atoms with Crippen molar-refractivity contribution in [2.24, 2.45) is 72.3 Å². The highest BCUT2D eigenvalue weighted by atomic mass is 32.2. The van der Waals surface area contributed by atoms with Crippen LogP contribution in [0.3, 0.4) is 0 Å². The van der Waals surface area contributed by atoms with Crippen LogP contribution in [0.25, 0.3) is 0 Å². The molecule has 0 radical (unpaired) electrons. The molecule has 100 heavy (non-hydrogen) atoms. The minimum atomic E-state index is -2.65. The first-order valence-corrected chi connectivity index (χ1v) is 42.7. The molecule has 6 fully saturated rings. The number of hydrogen-bond acceptors (Lipinski definition) is 13. The summed E-state index contributed by atoms with van der Waals surface area (Å²) in [4.78, 5) is 13.0. The van der Waals surface area contributed by atoms with E-state index in [0.29, 0.717) is 47.0 Å². The van der Waals surface area contributed by atoms with Crippen LogP contribution in [0.4, 0.5) is 0 Å². The molecule has 14 nitrogen and oxygen atoms in total. The van der Waals surface area contributed by atoms with Crippen LogP contribution in [0.2, 0.25) is 0 Å². The molecule has 0 amide bonds. The monoisotopic (exact) mass is 1450 g/mol. The number of aryl methyl sites for hydroxylation is 2. The maximum absolute atomic E-state index is 11.0. The number of aromatic nitrogens is 7. The summed E-state index contributed by atoms with van der Waals surface area (Å²) in [5, 5.41) is 15.3. The van der Waals surface area contributed by atoms with Crippen LogP contribution in [0, 0.1) is 58.2 Å². The maximum atomic E-state index is 11.0. The first-order valence-electron chi connectivity index (χ1n) is 40.0. The number of likely N-dealkylation sites (tertiary alicyclic amines) is 2. The molecule has 5 aromatic heterocycles. The Morgan fingerprint density at radius 1 is 0.520 bits per heavy atom. The summed E-state index contributed by atoms with van der Waals surface area (Å²) in [5.41, 5.74) is 5.29. The van der Waals surface area contributed by atoms with Gasteiger partial charge in [0.25, 0.3) is 0 Å². The Kier molecular flexibility index (Phi) is 66.1. The van der Waals surface area contributed by atoms with Crippen molar-refractivity contribution in [2.75, 3.05) is 65.0 Å². The number of nitrogens with zero attached hydrogens (tertiary/aromatic N) is 9. The number of hydrogen-bond donors (Lipinski definition) is 0. The second-order valence-corrected chi connectivity index (χ2v) is 32.4. The molecule has 11 rings (SSSR count). The average Bonchev–Trinajstić information content (AvgIpc) is 0.938. The summed E-state index contributed by atoms with van der Waals surface area (Å²) >= 11 is 1.72. The zero-order valence-electron chi connectivity index (χ0n) is 73.2. The number of oxazole rings is 1. The fourth-order valence-corrected chi connectivity index (χ4v) is 13.7. The Morgan fingerprint density at radius 2 is 0.960 bits per heavy atom. The average molecular weight is 1450 g/mol. The number of rotatable bonds is 8. The van der Waals surface area contributed by atoms with Gasteiger partial charge in [-0.15, -0.1) is 11.3 Å². The second kappa shape index (κ2) is 61.6. The molecule has 1 atom stereocenters. The summed E-state index contributed by atoms with van der Waals surface area (Å²) in [5.74, 6) is 10.5. The topological polar surface area (TPSA) is 150 Å². The Hall–Kier alpha value is -3.70. The van der Waals surface area contributed by atoms with Gasteiger partial charge in [-0.2, -0.15) is 10.2 Å². The van der Waals surface area contributed by atoms with E-state index in [1.807, 2.05) is 184 Å². The molecule has 592 valence electrons. The predicted molar refractivity (Wildman–Crippen MR) is 442 cm³/mol. The van der Waals surface area contributed by atoms with Crippen LogP contribution >= 0.6 is 11.3 Å². The van der Waals surface area contributed by atoms with E-state index in [-0.39, 0.29) is 5.41 Å². The van der Waals surface area contributed by atoms with E-state index in [0.717, 1.165) is 89.7 Å². The maximum Gasteiger partial charge on any atom is 0.196 e. The minimum Gasteiger partial charge on any atom is -0.449 e. The molecule has 2 aliphatic carbocycles. The summed E-state index contributed by atoms with van der Waals surface area (Å²) in [6, 6.07) is 3.93. The van der Waals surface area contributed by atoms with Crippen molar-refractivity contribution in [1.82, 2.24) is 44.5 Å². The van der Waals surface area contributed by atoms with Gasteiger partial charge in [-0.05, 0) is 146 Å². The third kappa shape index (κ3) is 46.9. The second-order valence-electron chi connectivity index (χ2n) is 29.1. The van der Waals surface area contributed by atoms with Crippen LogP contribution in [0.5, 0.6) is 0 Å². The summed E-state index contributed by atoms with van der Waals surface area (Å²) in [7, 11) is 5.69. The molecular weight excluding hydrogens is 1280 g/mol. The number of ether oxygens (including phenoxy) is 1. The Bertz CT molecular complexity index is 2400. The molecule has 0 N–H and O–H groups in total. The van der Waals surface area contributed by atoms with Crippen molar-refractivity contribution in [3.63, 3.8) is 0 Å². The molecule has 5 aromatic rings. The lowest BCUT2D eigenvalue weighted by Crippen LogP contribution is -2.61. The zero-order chi connectivity index (χ0) is 79.2. The highest BCUT2D eigenvalue weighted by Gasteiger charge is 2.52. The van der Waals surface area contributed by atoms with Crippen molar-refractivity contribution in [2.45, 2.75) is 316 Å². The van der Waals surface area contributed by atoms with Crippen molar-refractivity contribution in [3.05, 3.63) is 88.9 Å². The lowest BCUT2D eigenvalue weighted by atomic mass is 9.55. The first-order chi connectivity index (χ1) is 47.2. The van der Waals surface area contributed by atoms with Gasteiger partial charge in [0.15, 0.2) is 5.89 Å². The predicted octanol–water partition coefficient (Wildman–Crippen LogP) is 24.4. The van der Waals surface area contributed by atoms with E-state index < -0.39 is 9.84 Å². The Balaban J connectivity index is -0.000000243. The van der Waals surface area contributed by atoms with E-state index in [1.165, 1.54) is 68.9 Å². The van der Waals surface area contributed by atoms with Crippen LogP contribution in [-0.2, 0) is 34.1 Å². The van der Waals surface area contributed by atoms with E-state index in [4.69, 9.17) is 9.15 Å². The number of sulfone groups is 1. The zero-order valence-corrected chi connectivity index (χ0v) is 74.8. The number of thiazole rings is 1. The van der Waals surface area contributed by atoms with Crippen molar-refractivity contribution in [3.8, 4) is 0 Å². The van der Waals surface area contributed by atoms with E-state index in [9.17, 15) is 8.42 Å². The lowest BCUT2D eigenvalue weighted by molar-refractivity contribution is -0.0941. The van der Waals surface area contributed by atoms with Crippen LogP contribution in [-0.4, -0.2) is 118 Å². The largest absolute Gasteiger partial charge is 0.449 e. The minimum absolute atomic E-state index is 0.230. The summed E-state index contributed by atoms with van der Waals surface area (Å²) in [6.07, 6.45) is 21.7. The van der Waals surface area contributed by atoms with Gasteiger partial charge in [0.2, 0.25) is 0 Å². The van der Waals surface area contributed by atoms with Gasteiger partial charge in [0.1, 0.15) is 22.4 Å². The fraction of sp³-hybridized carbons (Fsp3) is 0.821. The fourth-order valence-electron chi connectivity index (χ4n) is 11.5. The van der Waals surface area contributed by atoms with Crippen LogP contribution in [0.15, 0.2) is 70.0 Å². The molecule has 6 aliphatic rings. The Labute approximate surface area is 626 Å². The lowest BCUT2D eigenvalue weighted by Gasteiger charge is -2.59. The molecule has 4 aliphatic heterocycles. The molecule has 1 unspecified atom stereocenters. The van der Waals surface area contributed by atoms with Crippen molar-refractivity contribution in [1.29, 1.82) is 0 Å². The highest BCUT2D eigenvalue weighted by Crippen LogP contribution is 2.54. The molecule has 2 spiro atoms. The van der Waals surface area contributed by atoms with Crippen molar-refractivity contribution >= 4 is 21.2 Å².